The third-order valence-corrected chi connectivity index (χ3v) is 5.41. The summed E-state index contributed by atoms with van der Waals surface area (Å²) < 4.78 is 6.19. The minimum Gasteiger partial charge on any atom is -0.481 e. The van der Waals surface area contributed by atoms with Crippen LogP contribution in [-0.2, 0) is 9.53 Å². The molecule has 1 heterocycles. The molecule has 0 aromatic carbocycles. The van der Waals surface area contributed by atoms with Crippen molar-refractivity contribution in [1.29, 1.82) is 0 Å². The maximum atomic E-state index is 12.2. The number of hydrogen-bond acceptors (Lipinski definition) is 2. The molecule has 1 saturated carbocycles. The summed E-state index contributed by atoms with van der Waals surface area (Å²) in [7, 11) is 0. The van der Waals surface area contributed by atoms with Crippen LogP contribution < -0.4 is 0 Å². The fourth-order valence-electron chi connectivity index (χ4n) is 4.67. The van der Waals surface area contributed by atoms with Gasteiger partial charge in [-0.2, -0.15) is 0 Å². The molecule has 1 saturated heterocycles. The van der Waals surface area contributed by atoms with Gasteiger partial charge in [0.25, 0.3) is 0 Å². The minimum absolute atomic E-state index is 0.112. The first-order valence-electron chi connectivity index (χ1n) is 8.13. The lowest BCUT2D eigenvalue weighted by Crippen LogP contribution is -2.46. The molecular formula is C17H30O3. The first-order chi connectivity index (χ1) is 9.20. The van der Waals surface area contributed by atoms with E-state index in [1.54, 1.807) is 0 Å². The van der Waals surface area contributed by atoms with Crippen LogP contribution in [0.2, 0.25) is 0 Å². The Bertz CT molecular complexity index is 362. The summed E-state index contributed by atoms with van der Waals surface area (Å²) in [6.07, 6.45) is 8.17. The van der Waals surface area contributed by atoms with Crippen molar-refractivity contribution in [3.63, 3.8) is 0 Å². The largest absolute Gasteiger partial charge is 0.481 e. The highest BCUT2D eigenvalue weighted by Crippen LogP contribution is 2.55. The summed E-state index contributed by atoms with van der Waals surface area (Å²) in [5.74, 6) is -0.487. The van der Waals surface area contributed by atoms with Gasteiger partial charge in [-0.05, 0) is 47.0 Å². The van der Waals surface area contributed by atoms with Crippen molar-refractivity contribution >= 4 is 5.97 Å². The molecule has 1 N–H and O–H groups in total. The standard InChI is InChI=1S/C17H30O3/c1-15(2)12-13(16(3,4)20-15)17(14(18)19)10-8-6-5-7-9-11-17/h13H,5-12H2,1-4H3,(H,18,19). The molecule has 0 radical (unpaired) electrons. The molecule has 0 amide bonds. The van der Waals surface area contributed by atoms with Crippen molar-refractivity contribution in [3.8, 4) is 0 Å². The number of aliphatic carboxylic acids is 1. The lowest BCUT2D eigenvalue weighted by Gasteiger charge is -2.42. The quantitative estimate of drug-likeness (QED) is 0.816. The van der Waals surface area contributed by atoms with E-state index in [-0.39, 0.29) is 17.1 Å². The summed E-state index contributed by atoms with van der Waals surface area (Å²) in [4.78, 5) is 12.2. The Hall–Kier alpha value is -0.570. The second-order valence-corrected chi connectivity index (χ2v) is 7.95. The highest BCUT2D eigenvalue weighted by atomic mass is 16.5. The smallest absolute Gasteiger partial charge is 0.310 e. The number of hydrogen-bond donors (Lipinski definition) is 1. The van der Waals surface area contributed by atoms with Crippen LogP contribution in [-0.4, -0.2) is 22.3 Å². The van der Waals surface area contributed by atoms with Crippen LogP contribution in [0, 0.1) is 11.3 Å². The van der Waals surface area contributed by atoms with Crippen molar-refractivity contribution in [3.05, 3.63) is 0 Å². The predicted molar refractivity (Wildman–Crippen MR) is 79.7 cm³/mol. The highest BCUT2D eigenvalue weighted by molar-refractivity contribution is 5.75. The van der Waals surface area contributed by atoms with E-state index in [1.807, 2.05) is 0 Å². The SMILES string of the molecule is CC1(C)CC(C2(C(=O)O)CCCCCCC2)C(C)(C)O1. The third kappa shape index (κ3) is 2.88. The van der Waals surface area contributed by atoms with Gasteiger partial charge in [0, 0.05) is 5.92 Å². The molecule has 20 heavy (non-hydrogen) atoms. The molecule has 1 atom stereocenters. The molecule has 1 aliphatic heterocycles. The van der Waals surface area contributed by atoms with Gasteiger partial charge in [0.2, 0.25) is 0 Å². The monoisotopic (exact) mass is 282 g/mol. The average molecular weight is 282 g/mol. The van der Waals surface area contributed by atoms with Crippen LogP contribution in [0.3, 0.4) is 0 Å². The third-order valence-electron chi connectivity index (χ3n) is 5.41. The Kier molecular flexibility index (Phi) is 4.21. The molecule has 0 bridgehead atoms. The number of carboxylic acid groups (broad SMARTS) is 1. The second-order valence-electron chi connectivity index (χ2n) is 7.95. The summed E-state index contributed by atoms with van der Waals surface area (Å²) >= 11 is 0. The molecule has 0 aromatic rings. The second kappa shape index (κ2) is 5.32. The maximum absolute atomic E-state index is 12.2. The van der Waals surface area contributed by atoms with E-state index in [9.17, 15) is 9.90 Å². The van der Waals surface area contributed by atoms with E-state index in [0.717, 1.165) is 32.1 Å². The molecule has 3 heteroatoms. The first-order valence-corrected chi connectivity index (χ1v) is 8.13. The molecular weight excluding hydrogens is 252 g/mol. The van der Waals surface area contributed by atoms with Gasteiger partial charge in [-0.3, -0.25) is 4.79 Å². The molecule has 0 spiro atoms. The molecule has 1 aliphatic carbocycles. The Labute approximate surface area is 123 Å². The molecule has 116 valence electrons. The number of carbonyl (C=O) groups is 1. The molecule has 2 aliphatic rings. The van der Waals surface area contributed by atoms with Crippen LogP contribution in [0.1, 0.15) is 79.1 Å². The summed E-state index contributed by atoms with van der Waals surface area (Å²) in [5, 5.41) is 10.0. The Morgan fingerprint density at radius 3 is 1.90 bits per heavy atom. The van der Waals surface area contributed by atoms with Gasteiger partial charge in [0.1, 0.15) is 0 Å². The summed E-state index contributed by atoms with van der Waals surface area (Å²) in [5.41, 5.74) is -1.14. The van der Waals surface area contributed by atoms with Gasteiger partial charge in [0.05, 0.1) is 16.6 Å². The Balaban J connectivity index is 2.34. The van der Waals surface area contributed by atoms with Gasteiger partial charge in [0.15, 0.2) is 0 Å². The van der Waals surface area contributed by atoms with E-state index < -0.39 is 11.4 Å². The van der Waals surface area contributed by atoms with E-state index >= 15 is 0 Å². The van der Waals surface area contributed by atoms with E-state index in [4.69, 9.17) is 4.74 Å². The Morgan fingerprint density at radius 1 is 1.00 bits per heavy atom. The molecule has 2 rings (SSSR count). The Morgan fingerprint density at radius 2 is 1.50 bits per heavy atom. The molecule has 3 nitrogen and oxygen atoms in total. The average Bonchev–Trinajstić information content (AvgIpc) is 2.46. The van der Waals surface area contributed by atoms with Crippen molar-refractivity contribution in [2.24, 2.45) is 11.3 Å². The first kappa shape index (κ1) is 15.8. The topological polar surface area (TPSA) is 46.5 Å². The fourth-order valence-corrected chi connectivity index (χ4v) is 4.67. The van der Waals surface area contributed by atoms with Crippen molar-refractivity contribution < 1.29 is 14.6 Å². The number of carboxylic acids is 1. The van der Waals surface area contributed by atoms with Crippen molar-refractivity contribution in [2.75, 3.05) is 0 Å². The van der Waals surface area contributed by atoms with Gasteiger partial charge < -0.3 is 9.84 Å². The van der Waals surface area contributed by atoms with Gasteiger partial charge in [-0.25, -0.2) is 0 Å². The lowest BCUT2D eigenvalue weighted by molar-refractivity contribution is -0.161. The van der Waals surface area contributed by atoms with Crippen LogP contribution in [0.4, 0.5) is 0 Å². The molecule has 0 aromatic heterocycles. The van der Waals surface area contributed by atoms with Crippen LogP contribution in [0.15, 0.2) is 0 Å². The van der Waals surface area contributed by atoms with Crippen LogP contribution in [0.25, 0.3) is 0 Å². The van der Waals surface area contributed by atoms with Crippen LogP contribution >= 0.6 is 0 Å². The van der Waals surface area contributed by atoms with Crippen LogP contribution in [0.5, 0.6) is 0 Å². The van der Waals surface area contributed by atoms with Crippen molar-refractivity contribution in [1.82, 2.24) is 0 Å². The zero-order chi connectivity index (χ0) is 15.0. The zero-order valence-corrected chi connectivity index (χ0v) is 13.5. The lowest BCUT2D eigenvalue weighted by atomic mass is 9.61. The predicted octanol–water partition coefficient (Wildman–Crippen LogP) is 4.40. The van der Waals surface area contributed by atoms with Gasteiger partial charge in [-0.15, -0.1) is 0 Å². The number of ether oxygens (including phenoxy) is 1. The summed E-state index contributed by atoms with van der Waals surface area (Å²) in [6, 6.07) is 0. The van der Waals surface area contributed by atoms with Crippen molar-refractivity contribution in [2.45, 2.75) is 90.3 Å². The number of rotatable bonds is 2. The normalized spacial score (nSPS) is 32.3. The maximum Gasteiger partial charge on any atom is 0.310 e. The fraction of sp³-hybridized carbons (Fsp3) is 0.941. The zero-order valence-electron chi connectivity index (χ0n) is 13.5. The molecule has 2 fully saturated rings. The molecule has 1 unspecified atom stereocenters. The summed E-state index contributed by atoms with van der Waals surface area (Å²) in [6.45, 7) is 8.34. The highest BCUT2D eigenvalue weighted by Gasteiger charge is 2.58. The van der Waals surface area contributed by atoms with Gasteiger partial charge in [-0.1, -0.05) is 32.1 Å². The minimum atomic E-state index is -0.598. The van der Waals surface area contributed by atoms with E-state index in [0.29, 0.717) is 0 Å². The van der Waals surface area contributed by atoms with Gasteiger partial charge >= 0.3 is 5.97 Å². The van der Waals surface area contributed by atoms with E-state index in [2.05, 4.69) is 27.7 Å². The van der Waals surface area contributed by atoms with E-state index in [1.165, 1.54) is 19.3 Å².